The minimum atomic E-state index is -4.16. The lowest BCUT2D eigenvalue weighted by atomic mass is 9.98. The average molecular weight is 289 g/mol. The molecule has 0 aliphatic rings. The van der Waals surface area contributed by atoms with E-state index in [4.69, 9.17) is 0 Å². The van der Waals surface area contributed by atoms with Gasteiger partial charge in [-0.15, -0.1) is 0 Å². The Bertz CT molecular complexity index is 421. The third kappa shape index (κ3) is 5.07. The van der Waals surface area contributed by atoms with E-state index in [9.17, 15) is 13.2 Å². The van der Waals surface area contributed by atoms with Crippen molar-refractivity contribution in [1.29, 1.82) is 0 Å². The second kappa shape index (κ2) is 7.02. The maximum absolute atomic E-state index is 12.2. The van der Waals surface area contributed by atoms with Crippen molar-refractivity contribution in [1.82, 2.24) is 15.3 Å². The molecule has 114 valence electrons. The summed E-state index contributed by atoms with van der Waals surface area (Å²) in [6.07, 6.45) is -5.20. The zero-order valence-electron chi connectivity index (χ0n) is 12.4. The lowest BCUT2D eigenvalue weighted by Gasteiger charge is -2.17. The number of rotatable bonds is 6. The van der Waals surface area contributed by atoms with Crippen LogP contribution in [-0.4, -0.2) is 29.2 Å². The number of hydrogen-bond donors (Lipinski definition) is 1. The molecule has 0 bridgehead atoms. The summed E-state index contributed by atoms with van der Waals surface area (Å²) in [4.78, 5) is 8.45. The molecule has 6 heteroatoms. The standard InChI is InChI=1S/C14H22F3N3/c1-5-18-8-9(2)13-10(3)19-12(20-11(13)4)6-7-14(15,16)17/h9,18H,5-8H2,1-4H3. The Balaban J connectivity index is 2.86. The van der Waals surface area contributed by atoms with E-state index in [0.717, 1.165) is 30.0 Å². The van der Waals surface area contributed by atoms with E-state index in [2.05, 4.69) is 22.2 Å². The fraction of sp³-hybridized carbons (Fsp3) is 0.714. The summed E-state index contributed by atoms with van der Waals surface area (Å²) < 4.78 is 36.7. The topological polar surface area (TPSA) is 37.8 Å². The van der Waals surface area contributed by atoms with Crippen molar-refractivity contribution in [2.75, 3.05) is 13.1 Å². The average Bonchev–Trinajstić information content (AvgIpc) is 2.32. The summed E-state index contributed by atoms with van der Waals surface area (Å²) >= 11 is 0. The third-order valence-electron chi connectivity index (χ3n) is 3.20. The van der Waals surface area contributed by atoms with E-state index < -0.39 is 12.6 Å². The van der Waals surface area contributed by atoms with Crippen LogP contribution < -0.4 is 5.32 Å². The Kier molecular flexibility index (Phi) is 5.92. The molecule has 0 amide bonds. The van der Waals surface area contributed by atoms with Crippen molar-refractivity contribution in [2.24, 2.45) is 0 Å². The van der Waals surface area contributed by atoms with Gasteiger partial charge in [-0.3, -0.25) is 0 Å². The fourth-order valence-corrected chi connectivity index (χ4v) is 2.34. The predicted molar refractivity (Wildman–Crippen MR) is 72.8 cm³/mol. The molecule has 0 radical (unpaired) electrons. The maximum Gasteiger partial charge on any atom is 0.389 e. The van der Waals surface area contributed by atoms with Crippen LogP contribution in [0.3, 0.4) is 0 Å². The fourth-order valence-electron chi connectivity index (χ4n) is 2.34. The van der Waals surface area contributed by atoms with E-state index in [1.165, 1.54) is 0 Å². The molecule has 0 aliphatic carbocycles. The van der Waals surface area contributed by atoms with E-state index in [1.807, 2.05) is 20.8 Å². The Morgan fingerprint density at radius 3 is 2.15 bits per heavy atom. The Labute approximate surface area is 118 Å². The summed E-state index contributed by atoms with van der Waals surface area (Å²) in [5.74, 6) is 0.517. The van der Waals surface area contributed by atoms with Gasteiger partial charge in [-0.1, -0.05) is 13.8 Å². The Morgan fingerprint density at radius 1 is 1.15 bits per heavy atom. The molecule has 1 aromatic rings. The van der Waals surface area contributed by atoms with Crippen LogP contribution in [0.25, 0.3) is 0 Å². The van der Waals surface area contributed by atoms with Crippen molar-refractivity contribution in [2.45, 2.75) is 52.6 Å². The van der Waals surface area contributed by atoms with Gasteiger partial charge in [0.05, 0.1) is 6.42 Å². The van der Waals surface area contributed by atoms with Crippen LogP contribution in [0.4, 0.5) is 13.2 Å². The number of halogens is 3. The van der Waals surface area contributed by atoms with E-state index >= 15 is 0 Å². The van der Waals surface area contributed by atoms with Crippen molar-refractivity contribution in [3.8, 4) is 0 Å². The monoisotopic (exact) mass is 289 g/mol. The molecule has 1 rings (SSSR count). The second-order valence-electron chi connectivity index (χ2n) is 5.05. The molecule has 1 heterocycles. The molecule has 0 fully saturated rings. The first-order valence-electron chi connectivity index (χ1n) is 6.86. The number of likely N-dealkylation sites (N-methyl/N-ethyl adjacent to an activating group) is 1. The molecule has 1 N–H and O–H groups in total. The normalized spacial score (nSPS) is 13.6. The largest absolute Gasteiger partial charge is 0.389 e. The zero-order valence-corrected chi connectivity index (χ0v) is 12.4. The van der Waals surface area contributed by atoms with Crippen molar-refractivity contribution in [3.05, 3.63) is 22.8 Å². The number of nitrogens with one attached hydrogen (secondary N) is 1. The molecule has 0 aliphatic heterocycles. The Morgan fingerprint density at radius 2 is 1.70 bits per heavy atom. The van der Waals surface area contributed by atoms with Gasteiger partial charge in [0.1, 0.15) is 5.82 Å². The van der Waals surface area contributed by atoms with E-state index in [0.29, 0.717) is 0 Å². The summed E-state index contributed by atoms with van der Waals surface area (Å²) in [6.45, 7) is 9.46. The summed E-state index contributed by atoms with van der Waals surface area (Å²) in [7, 11) is 0. The highest BCUT2D eigenvalue weighted by Gasteiger charge is 2.27. The second-order valence-corrected chi connectivity index (χ2v) is 5.05. The molecule has 3 nitrogen and oxygen atoms in total. The number of aryl methyl sites for hydroxylation is 3. The van der Waals surface area contributed by atoms with Gasteiger partial charge in [0.2, 0.25) is 0 Å². The maximum atomic E-state index is 12.2. The van der Waals surface area contributed by atoms with Crippen LogP contribution in [-0.2, 0) is 6.42 Å². The predicted octanol–water partition coefficient (Wildman–Crippen LogP) is 3.30. The van der Waals surface area contributed by atoms with Crippen LogP contribution in [0.15, 0.2) is 0 Å². The molecule has 1 unspecified atom stereocenters. The quantitative estimate of drug-likeness (QED) is 0.873. The smallest absolute Gasteiger partial charge is 0.316 e. The van der Waals surface area contributed by atoms with Crippen molar-refractivity contribution in [3.63, 3.8) is 0 Å². The van der Waals surface area contributed by atoms with Gasteiger partial charge in [-0.2, -0.15) is 13.2 Å². The molecular formula is C14H22F3N3. The highest BCUT2D eigenvalue weighted by atomic mass is 19.4. The first kappa shape index (κ1) is 16.9. The van der Waals surface area contributed by atoms with Gasteiger partial charge in [0.25, 0.3) is 0 Å². The lowest BCUT2D eigenvalue weighted by molar-refractivity contribution is -0.134. The highest BCUT2D eigenvalue weighted by molar-refractivity contribution is 5.28. The summed E-state index contributed by atoms with van der Waals surface area (Å²) in [5.41, 5.74) is 2.59. The molecule has 1 aromatic heterocycles. The van der Waals surface area contributed by atoms with Crippen LogP contribution in [0.2, 0.25) is 0 Å². The molecule has 1 atom stereocenters. The van der Waals surface area contributed by atoms with Crippen LogP contribution in [0.5, 0.6) is 0 Å². The first-order valence-corrected chi connectivity index (χ1v) is 6.86. The third-order valence-corrected chi connectivity index (χ3v) is 3.20. The van der Waals surface area contributed by atoms with Gasteiger partial charge in [0, 0.05) is 24.4 Å². The van der Waals surface area contributed by atoms with Crippen LogP contribution >= 0.6 is 0 Å². The first-order chi connectivity index (χ1) is 9.24. The SMILES string of the molecule is CCNCC(C)c1c(C)nc(CCC(F)(F)F)nc1C. The molecule has 0 spiro atoms. The van der Waals surface area contributed by atoms with Gasteiger partial charge in [-0.25, -0.2) is 9.97 Å². The minimum absolute atomic E-state index is 0.160. The molecule has 0 aromatic carbocycles. The van der Waals surface area contributed by atoms with E-state index in [-0.39, 0.29) is 18.2 Å². The molecular weight excluding hydrogens is 267 g/mol. The highest BCUT2D eigenvalue weighted by Crippen LogP contribution is 2.24. The minimum Gasteiger partial charge on any atom is -0.316 e. The van der Waals surface area contributed by atoms with Crippen molar-refractivity contribution < 1.29 is 13.2 Å². The van der Waals surface area contributed by atoms with Gasteiger partial charge in [0.15, 0.2) is 0 Å². The summed E-state index contributed by atoms with van der Waals surface area (Å²) in [5, 5.41) is 3.26. The van der Waals surface area contributed by atoms with Gasteiger partial charge >= 0.3 is 6.18 Å². The van der Waals surface area contributed by atoms with Gasteiger partial charge < -0.3 is 5.32 Å². The number of alkyl halides is 3. The van der Waals surface area contributed by atoms with Crippen molar-refractivity contribution >= 4 is 0 Å². The zero-order chi connectivity index (χ0) is 15.3. The van der Waals surface area contributed by atoms with Gasteiger partial charge in [-0.05, 0) is 31.9 Å². The molecule has 20 heavy (non-hydrogen) atoms. The Hall–Kier alpha value is -1.17. The van der Waals surface area contributed by atoms with Crippen LogP contribution in [0.1, 0.15) is 49.0 Å². The molecule has 0 saturated carbocycles. The summed E-state index contributed by atoms with van der Waals surface area (Å²) in [6, 6.07) is 0. The lowest BCUT2D eigenvalue weighted by Crippen LogP contribution is -2.21. The number of hydrogen-bond acceptors (Lipinski definition) is 3. The van der Waals surface area contributed by atoms with E-state index in [1.54, 1.807) is 0 Å². The van der Waals surface area contributed by atoms with Crippen LogP contribution in [0, 0.1) is 13.8 Å². The number of nitrogens with zero attached hydrogens (tertiary/aromatic N) is 2. The number of aromatic nitrogens is 2. The molecule has 0 saturated heterocycles.